The predicted octanol–water partition coefficient (Wildman–Crippen LogP) is 2.21. The van der Waals surface area contributed by atoms with Gasteiger partial charge in [-0.05, 0) is 49.9 Å². The van der Waals surface area contributed by atoms with Gasteiger partial charge in [0.15, 0.2) is 0 Å². The van der Waals surface area contributed by atoms with Crippen LogP contribution in [0.2, 0.25) is 0 Å². The summed E-state index contributed by atoms with van der Waals surface area (Å²) in [6.07, 6.45) is 8.02. The van der Waals surface area contributed by atoms with Crippen LogP contribution in [0.25, 0.3) is 0 Å². The Kier molecular flexibility index (Phi) is 2.52. The van der Waals surface area contributed by atoms with Gasteiger partial charge < -0.3 is 9.84 Å². The Labute approximate surface area is 92.0 Å². The van der Waals surface area contributed by atoms with E-state index in [1.54, 1.807) is 0 Å². The van der Waals surface area contributed by atoms with Gasteiger partial charge in [-0.25, -0.2) is 0 Å². The van der Waals surface area contributed by atoms with Crippen LogP contribution in [0.5, 0.6) is 0 Å². The summed E-state index contributed by atoms with van der Waals surface area (Å²) in [7, 11) is 0. The molecule has 0 amide bonds. The number of ether oxygens (including phenoxy) is 1. The summed E-state index contributed by atoms with van der Waals surface area (Å²) in [4.78, 5) is 0. The quantitative estimate of drug-likeness (QED) is 0.754. The van der Waals surface area contributed by atoms with E-state index < -0.39 is 0 Å². The van der Waals surface area contributed by atoms with Crippen molar-refractivity contribution < 1.29 is 9.84 Å². The van der Waals surface area contributed by atoms with E-state index in [9.17, 15) is 5.11 Å². The van der Waals surface area contributed by atoms with Crippen molar-refractivity contribution in [2.45, 2.75) is 38.5 Å². The number of rotatable bonds is 5. The van der Waals surface area contributed by atoms with Crippen LogP contribution in [0.3, 0.4) is 0 Å². The number of hydrogen-bond acceptors (Lipinski definition) is 2. The summed E-state index contributed by atoms with van der Waals surface area (Å²) in [6.45, 7) is 2.11. The van der Waals surface area contributed by atoms with Crippen LogP contribution in [0.15, 0.2) is 0 Å². The number of aliphatic hydroxyl groups is 1. The lowest BCUT2D eigenvalue weighted by molar-refractivity contribution is -0.0307. The molecule has 0 heterocycles. The Bertz CT molecular complexity index is 237. The zero-order valence-corrected chi connectivity index (χ0v) is 9.45. The molecular formula is C13H22O2. The van der Waals surface area contributed by atoms with Gasteiger partial charge in [0.25, 0.3) is 0 Å². The summed E-state index contributed by atoms with van der Waals surface area (Å²) in [6, 6.07) is 0. The normalized spacial score (nSPS) is 43.8. The highest BCUT2D eigenvalue weighted by atomic mass is 16.5. The molecule has 3 rings (SSSR count). The molecule has 15 heavy (non-hydrogen) atoms. The van der Waals surface area contributed by atoms with Gasteiger partial charge in [-0.3, -0.25) is 0 Å². The third-order valence-electron chi connectivity index (χ3n) is 4.86. The topological polar surface area (TPSA) is 29.5 Å². The molecule has 0 aliphatic heterocycles. The van der Waals surface area contributed by atoms with Crippen LogP contribution in [0, 0.1) is 23.2 Å². The van der Waals surface area contributed by atoms with Crippen molar-refractivity contribution >= 4 is 0 Å². The fourth-order valence-electron chi connectivity index (χ4n) is 3.69. The SMILES string of the molecule is OCC1(COCC2CC2)CC2CCC1C2. The lowest BCUT2D eigenvalue weighted by atomic mass is 9.74. The van der Waals surface area contributed by atoms with Crippen molar-refractivity contribution in [3.05, 3.63) is 0 Å². The Balaban J connectivity index is 1.55. The van der Waals surface area contributed by atoms with Gasteiger partial charge in [0, 0.05) is 12.0 Å². The lowest BCUT2D eigenvalue weighted by Gasteiger charge is -2.35. The maximum Gasteiger partial charge on any atom is 0.0547 e. The van der Waals surface area contributed by atoms with Gasteiger partial charge >= 0.3 is 0 Å². The van der Waals surface area contributed by atoms with Crippen molar-refractivity contribution in [1.29, 1.82) is 0 Å². The first-order valence-corrected chi connectivity index (χ1v) is 6.51. The molecule has 2 nitrogen and oxygen atoms in total. The molecule has 0 aromatic carbocycles. The van der Waals surface area contributed by atoms with Crippen molar-refractivity contribution in [3.8, 4) is 0 Å². The standard InChI is InChI=1S/C13H22O2/c14-8-13(9-15-7-10-1-2-10)6-11-3-4-12(13)5-11/h10-12,14H,1-9H2. The molecule has 0 radical (unpaired) electrons. The minimum atomic E-state index is 0.151. The first-order chi connectivity index (χ1) is 7.32. The van der Waals surface area contributed by atoms with Gasteiger partial charge in [0.2, 0.25) is 0 Å². The first kappa shape index (κ1) is 10.1. The highest BCUT2D eigenvalue weighted by Crippen LogP contribution is 2.55. The minimum Gasteiger partial charge on any atom is -0.396 e. The highest BCUT2D eigenvalue weighted by molar-refractivity contribution is 5.00. The van der Waals surface area contributed by atoms with Crippen molar-refractivity contribution in [1.82, 2.24) is 0 Å². The van der Waals surface area contributed by atoms with Gasteiger partial charge in [0.05, 0.1) is 13.2 Å². The second-order valence-electron chi connectivity index (χ2n) is 6.06. The fraction of sp³-hybridized carbons (Fsp3) is 1.00. The number of hydrogen-bond donors (Lipinski definition) is 1. The maximum absolute atomic E-state index is 9.64. The molecule has 3 aliphatic carbocycles. The van der Waals surface area contributed by atoms with Gasteiger partial charge in [-0.15, -0.1) is 0 Å². The number of fused-ring (bicyclic) bond motifs is 2. The van der Waals surface area contributed by atoms with E-state index in [2.05, 4.69) is 0 Å². The molecule has 0 aromatic rings. The molecule has 86 valence electrons. The van der Waals surface area contributed by atoms with Gasteiger partial charge in [-0.2, -0.15) is 0 Å². The average Bonchev–Trinajstić information content (AvgIpc) is 2.86. The zero-order valence-electron chi connectivity index (χ0n) is 9.45. The van der Waals surface area contributed by atoms with Crippen molar-refractivity contribution in [2.75, 3.05) is 19.8 Å². The van der Waals surface area contributed by atoms with Crippen molar-refractivity contribution in [3.63, 3.8) is 0 Å². The van der Waals surface area contributed by atoms with Crippen LogP contribution in [-0.2, 0) is 4.74 Å². The van der Waals surface area contributed by atoms with Crippen LogP contribution in [0.4, 0.5) is 0 Å². The first-order valence-electron chi connectivity index (χ1n) is 6.51. The molecule has 3 saturated carbocycles. The van der Waals surface area contributed by atoms with E-state index >= 15 is 0 Å². The molecule has 2 heteroatoms. The Hall–Kier alpha value is -0.0800. The Morgan fingerprint density at radius 3 is 2.60 bits per heavy atom. The van der Waals surface area contributed by atoms with E-state index in [4.69, 9.17) is 4.74 Å². The molecule has 2 bridgehead atoms. The third-order valence-corrected chi connectivity index (χ3v) is 4.86. The molecule has 0 aromatic heterocycles. The van der Waals surface area contributed by atoms with E-state index in [1.807, 2.05) is 0 Å². The molecule has 3 aliphatic rings. The lowest BCUT2D eigenvalue weighted by Crippen LogP contribution is -2.36. The average molecular weight is 210 g/mol. The van der Waals surface area contributed by atoms with Gasteiger partial charge in [0.1, 0.15) is 0 Å². The molecule has 3 unspecified atom stereocenters. The van der Waals surface area contributed by atoms with Crippen LogP contribution < -0.4 is 0 Å². The third kappa shape index (κ3) is 1.83. The summed E-state index contributed by atoms with van der Waals surface area (Å²) in [5.41, 5.74) is 0.151. The predicted molar refractivity (Wildman–Crippen MR) is 58.5 cm³/mol. The zero-order chi connectivity index (χ0) is 10.3. The second-order valence-corrected chi connectivity index (χ2v) is 6.06. The molecule has 3 atom stereocenters. The van der Waals surface area contributed by atoms with E-state index in [0.717, 1.165) is 31.0 Å². The van der Waals surface area contributed by atoms with E-state index in [0.29, 0.717) is 6.61 Å². The Morgan fingerprint density at radius 2 is 2.07 bits per heavy atom. The molecule has 3 fully saturated rings. The summed E-state index contributed by atoms with van der Waals surface area (Å²) in [5, 5.41) is 9.64. The van der Waals surface area contributed by atoms with Crippen molar-refractivity contribution in [2.24, 2.45) is 23.2 Å². The van der Waals surface area contributed by atoms with E-state index in [-0.39, 0.29) is 5.41 Å². The van der Waals surface area contributed by atoms with Crippen LogP contribution in [0.1, 0.15) is 38.5 Å². The Morgan fingerprint density at radius 1 is 1.20 bits per heavy atom. The summed E-state index contributed by atoms with van der Waals surface area (Å²) in [5.74, 6) is 2.50. The molecular weight excluding hydrogens is 188 g/mol. The summed E-state index contributed by atoms with van der Waals surface area (Å²) >= 11 is 0. The second kappa shape index (κ2) is 3.74. The van der Waals surface area contributed by atoms with Gasteiger partial charge in [-0.1, -0.05) is 6.42 Å². The van der Waals surface area contributed by atoms with E-state index in [1.165, 1.54) is 38.5 Å². The molecule has 1 N–H and O–H groups in total. The fourth-order valence-corrected chi connectivity index (χ4v) is 3.69. The summed E-state index contributed by atoms with van der Waals surface area (Å²) < 4.78 is 5.83. The monoisotopic (exact) mass is 210 g/mol. The smallest absolute Gasteiger partial charge is 0.0547 e. The highest BCUT2D eigenvalue weighted by Gasteiger charge is 2.50. The number of aliphatic hydroxyl groups excluding tert-OH is 1. The largest absolute Gasteiger partial charge is 0.396 e. The van der Waals surface area contributed by atoms with Crippen LogP contribution >= 0.6 is 0 Å². The minimum absolute atomic E-state index is 0.151. The molecule has 0 saturated heterocycles. The molecule has 0 spiro atoms. The van der Waals surface area contributed by atoms with Crippen LogP contribution in [-0.4, -0.2) is 24.9 Å². The maximum atomic E-state index is 9.64.